The summed E-state index contributed by atoms with van der Waals surface area (Å²) in [5.41, 5.74) is 1.71. The molecule has 72 valence electrons. The molecular formula is C10H7N5. The average molecular weight is 197 g/mol. The Morgan fingerprint density at radius 2 is 2.13 bits per heavy atom. The molecule has 0 bridgehead atoms. The van der Waals surface area contributed by atoms with E-state index in [1.807, 2.05) is 6.07 Å². The summed E-state index contributed by atoms with van der Waals surface area (Å²) in [6.45, 7) is 0. The highest BCUT2D eigenvalue weighted by Crippen LogP contribution is 2.15. The number of hydrogen-bond acceptors (Lipinski definition) is 4. The molecule has 0 spiro atoms. The summed E-state index contributed by atoms with van der Waals surface area (Å²) < 4.78 is 0. The van der Waals surface area contributed by atoms with E-state index in [0.29, 0.717) is 5.82 Å². The van der Waals surface area contributed by atoms with Crippen molar-refractivity contribution in [2.45, 2.75) is 0 Å². The lowest BCUT2D eigenvalue weighted by Crippen LogP contribution is -1.88. The first-order valence-electron chi connectivity index (χ1n) is 4.49. The first kappa shape index (κ1) is 8.05. The molecule has 0 aliphatic rings. The highest BCUT2D eigenvalue weighted by Gasteiger charge is 2.03. The second-order valence-electron chi connectivity index (χ2n) is 3.12. The average Bonchev–Trinajstić information content (AvgIpc) is 2.82. The van der Waals surface area contributed by atoms with Gasteiger partial charge in [-0.05, 0) is 6.07 Å². The Morgan fingerprint density at radius 3 is 3.00 bits per heavy atom. The van der Waals surface area contributed by atoms with Gasteiger partial charge in [0, 0.05) is 24.0 Å². The standard InChI is InChI=1S/C10H7N5/c1-2-11-6-9-7(1)3-12-10(15-9)8-4-13-14-5-8/h1-6H,(H,13,14). The van der Waals surface area contributed by atoms with Crippen molar-refractivity contribution >= 4 is 10.9 Å². The molecule has 0 amide bonds. The van der Waals surface area contributed by atoms with E-state index in [1.54, 1.807) is 31.0 Å². The third-order valence-electron chi connectivity index (χ3n) is 2.14. The Kier molecular flexibility index (Phi) is 1.68. The van der Waals surface area contributed by atoms with E-state index >= 15 is 0 Å². The molecule has 3 rings (SSSR count). The van der Waals surface area contributed by atoms with Crippen molar-refractivity contribution in [3.8, 4) is 11.4 Å². The van der Waals surface area contributed by atoms with Crippen LogP contribution in [-0.4, -0.2) is 25.1 Å². The zero-order chi connectivity index (χ0) is 10.1. The van der Waals surface area contributed by atoms with Crippen LogP contribution < -0.4 is 0 Å². The van der Waals surface area contributed by atoms with Gasteiger partial charge in [-0.1, -0.05) is 0 Å². The highest BCUT2D eigenvalue weighted by molar-refractivity contribution is 5.78. The number of nitrogens with zero attached hydrogens (tertiary/aromatic N) is 4. The molecule has 0 aliphatic heterocycles. The lowest BCUT2D eigenvalue weighted by molar-refractivity contribution is 1.09. The number of H-pyrrole nitrogens is 1. The minimum absolute atomic E-state index is 0.657. The fourth-order valence-electron chi connectivity index (χ4n) is 1.39. The summed E-state index contributed by atoms with van der Waals surface area (Å²) in [5, 5.41) is 7.57. The van der Waals surface area contributed by atoms with Gasteiger partial charge in [-0.25, -0.2) is 9.97 Å². The molecule has 1 N–H and O–H groups in total. The molecule has 0 aliphatic carbocycles. The lowest BCUT2D eigenvalue weighted by Gasteiger charge is -1.98. The molecule has 0 fully saturated rings. The van der Waals surface area contributed by atoms with Crippen LogP contribution in [0.4, 0.5) is 0 Å². The minimum atomic E-state index is 0.657. The number of rotatable bonds is 1. The van der Waals surface area contributed by atoms with Gasteiger partial charge in [0.25, 0.3) is 0 Å². The fraction of sp³-hybridized carbons (Fsp3) is 0. The normalized spacial score (nSPS) is 10.7. The zero-order valence-electron chi connectivity index (χ0n) is 7.75. The van der Waals surface area contributed by atoms with Crippen LogP contribution in [-0.2, 0) is 0 Å². The summed E-state index contributed by atoms with van der Waals surface area (Å²) in [6.07, 6.45) is 8.69. The number of hydrogen-bond donors (Lipinski definition) is 1. The van der Waals surface area contributed by atoms with Gasteiger partial charge in [-0.2, -0.15) is 5.10 Å². The van der Waals surface area contributed by atoms with Gasteiger partial charge in [0.2, 0.25) is 0 Å². The summed E-state index contributed by atoms with van der Waals surface area (Å²) in [4.78, 5) is 12.7. The van der Waals surface area contributed by atoms with Crippen molar-refractivity contribution < 1.29 is 0 Å². The van der Waals surface area contributed by atoms with Crippen LogP contribution in [0.2, 0.25) is 0 Å². The van der Waals surface area contributed by atoms with E-state index < -0.39 is 0 Å². The molecule has 3 aromatic rings. The minimum Gasteiger partial charge on any atom is -0.285 e. The topological polar surface area (TPSA) is 67.3 Å². The molecule has 0 aromatic carbocycles. The first-order valence-corrected chi connectivity index (χ1v) is 4.49. The smallest absolute Gasteiger partial charge is 0.163 e. The van der Waals surface area contributed by atoms with E-state index in [0.717, 1.165) is 16.5 Å². The van der Waals surface area contributed by atoms with Crippen LogP contribution >= 0.6 is 0 Å². The number of nitrogens with one attached hydrogen (secondary N) is 1. The van der Waals surface area contributed by atoms with Crippen LogP contribution in [0, 0.1) is 0 Å². The Bertz CT molecular complexity index is 588. The molecule has 0 atom stereocenters. The Hall–Kier alpha value is -2.30. The maximum atomic E-state index is 4.38. The molecule has 15 heavy (non-hydrogen) atoms. The van der Waals surface area contributed by atoms with Crippen LogP contribution in [0.15, 0.2) is 37.1 Å². The molecule has 3 heterocycles. The summed E-state index contributed by atoms with van der Waals surface area (Å²) in [6, 6.07) is 1.88. The molecule has 0 saturated carbocycles. The van der Waals surface area contributed by atoms with Crippen molar-refractivity contribution in [1.82, 2.24) is 25.1 Å². The fourth-order valence-corrected chi connectivity index (χ4v) is 1.39. The third-order valence-corrected chi connectivity index (χ3v) is 2.14. The van der Waals surface area contributed by atoms with Gasteiger partial charge < -0.3 is 0 Å². The van der Waals surface area contributed by atoms with Crippen LogP contribution in [0.1, 0.15) is 0 Å². The van der Waals surface area contributed by atoms with Crippen molar-refractivity contribution in [1.29, 1.82) is 0 Å². The SMILES string of the molecule is c1cc2cnc(-c3cn[nH]c3)nc2cn1. The van der Waals surface area contributed by atoms with Gasteiger partial charge in [-0.15, -0.1) is 0 Å². The quantitative estimate of drug-likeness (QED) is 0.640. The van der Waals surface area contributed by atoms with Gasteiger partial charge in [-0.3, -0.25) is 10.1 Å². The van der Waals surface area contributed by atoms with Crippen LogP contribution in [0.25, 0.3) is 22.3 Å². The molecule has 0 radical (unpaired) electrons. The van der Waals surface area contributed by atoms with Crippen molar-refractivity contribution in [2.75, 3.05) is 0 Å². The Labute approximate surface area is 85.2 Å². The maximum Gasteiger partial charge on any atom is 0.163 e. The second-order valence-corrected chi connectivity index (χ2v) is 3.12. The van der Waals surface area contributed by atoms with E-state index in [-0.39, 0.29) is 0 Å². The largest absolute Gasteiger partial charge is 0.285 e. The summed E-state index contributed by atoms with van der Waals surface area (Å²) in [7, 11) is 0. The lowest BCUT2D eigenvalue weighted by atomic mass is 10.3. The molecule has 5 heteroatoms. The predicted molar refractivity (Wildman–Crippen MR) is 54.9 cm³/mol. The van der Waals surface area contributed by atoms with Gasteiger partial charge in [0.1, 0.15) is 0 Å². The molecule has 0 saturated heterocycles. The Balaban J connectivity index is 2.22. The molecule has 0 unspecified atom stereocenters. The highest BCUT2D eigenvalue weighted by atomic mass is 15.1. The first-order chi connectivity index (χ1) is 7.43. The monoisotopic (exact) mass is 197 g/mol. The van der Waals surface area contributed by atoms with E-state index in [4.69, 9.17) is 0 Å². The number of fused-ring (bicyclic) bond motifs is 1. The van der Waals surface area contributed by atoms with Gasteiger partial charge in [0.05, 0.1) is 23.5 Å². The van der Waals surface area contributed by atoms with Crippen molar-refractivity contribution in [3.63, 3.8) is 0 Å². The van der Waals surface area contributed by atoms with Gasteiger partial charge in [0.15, 0.2) is 5.82 Å². The van der Waals surface area contributed by atoms with E-state index in [9.17, 15) is 0 Å². The predicted octanol–water partition coefficient (Wildman–Crippen LogP) is 1.41. The Morgan fingerprint density at radius 1 is 1.13 bits per heavy atom. The summed E-state index contributed by atoms with van der Waals surface area (Å²) >= 11 is 0. The van der Waals surface area contributed by atoms with E-state index in [2.05, 4.69) is 25.1 Å². The maximum absolute atomic E-state index is 4.38. The van der Waals surface area contributed by atoms with Crippen LogP contribution in [0.3, 0.4) is 0 Å². The summed E-state index contributed by atoms with van der Waals surface area (Å²) in [5.74, 6) is 0.657. The number of pyridine rings is 1. The van der Waals surface area contributed by atoms with E-state index in [1.165, 1.54) is 0 Å². The number of aromatic nitrogens is 5. The second kappa shape index (κ2) is 3.13. The van der Waals surface area contributed by atoms with Crippen LogP contribution in [0.5, 0.6) is 0 Å². The molecular weight excluding hydrogens is 190 g/mol. The molecule has 3 aromatic heterocycles. The van der Waals surface area contributed by atoms with Gasteiger partial charge >= 0.3 is 0 Å². The zero-order valence-corrected chi connectivity index (χ0v) is 7.75. The van der Waals surface area contributed by atoms with Crippen molar-refractivity contribution in [3.05, 3.63) is 37.1 Å². The molecule has 5 nitrogen and oxygen atoms in total. The third kappa shape index (κ3) is 1.34. The van der Waals surface area contributed by atoms with Crippen molar-refractivity contribution in [2.24, 2.45) is 0 Å². The number of aromatic amines is 1.